The molecule has 196 valence electrons. The van der Waals surface area contributed by atoms with Gasteiger partial charge in [0.15, 0.2) is 0 Å². The fourth-order valence-electron chi connectivity index (χ4n) is 3.99. The number of nitrogens with zero attached hydrogens (tertiary/aromatic N) is 3. The first-order valence-corrected chi connectivity index (χ1v) is 13.9. The Kier molecular flexibility index (Phi) is 8.47. The molecular weight excluding hydrogens is 567 g/mol. The van der Waals surface area contributed by atoms with Crippen LogP contribution >= 0.6 is 34.8 Å². The Hall–Kier alpha value is -3.30. The maximum atomic E-state index is 13.4. The van der Waals surface area contributed by atoms with Crippen molar-refractivity contribution in [2.75, 3.05) is 10.8 Å². The molecule has 1 amide bonds. The van der Waals surface area contributed by atoms with Crippen LogP contribution in [0.5, 0.6) is 0 Å². The number of halogens is 3. The molecule has 3 aromatic carbocycles. The highest BCUT2D eigenvalue weighted by Crippen LogP contribution is 2.27. The van der Waals surface area contributed by atoms with E-state index in [9.17, 15) is 13.2 Å². The van der Waals surface area contributed by atoms with E-state index in [1.807, 2.05) is 24.5 Å². The van der Waals surface area contributed by atoms with E-state index in [-0.39, 0.29) is 10.6 Å². The summed E-state index contributed by atoms with van der Waals surface area (Å²) in [5, 5.41) is 5.43. The number of sulfonamides is 1. The summed E-state index contributed by atoms with van der Waals surface area (Å²) in [7, 11) is -4.05. The van der Waals surface area contributed by atoms with Crippen LogP contribution in [0.3, 0.4) is 0 Å². The molecule has 0 saturated heterocycles. The van der Waals surface area contributed by atoms with Gasteiger partial charge in [-0.15, -0.1) is 0 Å². The number of anilines is 1. The van der Waals surface area contributed by atoms with E-state index in [2.05, 4.69) is 10.5 Å². The molecule has 0 spiro atoms. The number of hydrazone groups is 1. The first kappa shape index (κ1) is 27.7. The molecular formula is C27H23Cl3N4O3S. The minimum atomic E-state index is -4.05. The molecule has 38 heavy (non-hydrogen) atoms. The molecule has 7 nitrogen and oxygen atoms in total. The number of benzene rings is 3. The number of hydrogen-bond acceptors (Lipinski definition) is 4. The van der Waals surface area contributed by atoms with Crippen LogP contribution in [0.2, 0.25) is 15.1 Å². The van der Waals surface area contributed by atoms with Gasteiger partial charge in [-0.1, -0.05) is 59.1 Å². The van der Waals surface area contributed by atoms with Gasteiger partial charge in [0.1, 0.15) is 6.54 Å². The molecule has 4 rings (SSSR count). The first-order valence-electron chi connectivity index (χ1n) is 11.4. The number of aromatic nitrogens is 1. The van der Waals surface area contributed by atoms with Crippen molar-refractivity contribution >= 4 is 62.6 Å². The Labute approximate surface area is 236 Å². The standard InChI is InChI=1S/C27H23Cl3N4O3S/c1-18-11-20(19(2)34(18)25-14-22(29)12-23(30)15-25)16-31-32-27(35)17-33(24-8-6-7-21(28)13-24)38(36,37)26-9-4-3-5-10-26/h3-16H,17H2,1-2H3,(H,32,35)/b31-16+. The highest BCUT2D eigenvalue weighted by Gasteiger charge is 2.27. The zero-order valence-electron chi connectivity index (χ0n) is 20.4. The van der Waals surface area contributed by atoms with Crippen LogP contribution in [0.25, 0.3) is 5.69 Å². The number of hydrogen-bond donors (Lipinski definition) is 1. The smallest absolute Gasteiger partial charge is 0.264 e. The molecule has 0 aliphatic rings. The fourth-order valence-corrected chi connectivity index (χ4v) is 6.12. The van der Waals surface area contributed by atoms with Crippen LogP contribution < -0.4 is 9.73 Å². The van der Waals surface area contributed by atoms with Gasteiger partial charge in [0.05, 0.1) is 16.8 Å². The molecule has 1 heterocycles. The lowest BCUT2D eigenvalue weighted by Gasteiger charge is -2.23. The minimum Gasteiger partial charge on any atom is -0.318 e. The Morgan fingerprint density at radius 2 is 1.61 bits per heavy atom. The third-order valence-electron chi connectivity index (χ3n) is 5.68. The van der Waals surface area contributed by atoms with Gasteiger partial charge < -0.3 is 4.57 Å². The summed E-state index contributed by atoms with van der Waals surface area (Å²) in [6.07, 6.45) is 1.50. The topological polar surface area (TPSA) is 83.8 Å². The molecule has 0 bridgehead atoms. The van der Waals surface area contributed by atoms with Crippen molar-refractivity contribution in [3.63, 3.8) is 0 Å². The summed E-state index contributed by atoms with van der Waals surface area (Å²) in [6.45, 7) is 3.32. The molecule has 0 radical (unpaired) electrons. The number of carbonyl (C=O) groups excluding carboxylic acids is 1. The average Bonchev–Trinajstić information content (AvgIpc) is 3.15. The van der Waals surface area contributed by atoms with Crippen LogP contribution in [0.4, 0.5) is 5.69 Å². The summed E-state index contributed by atoms with van der Waals surface area (Å²) in [4.78, 5) is 12.9. The molecule has 0 aliphatic heterocycles. The fraction of sp³-hybridized carbons (Fsp3) is 0.111. The predicted molar refractivity (Wildman–Crippen MR) is 153 cm³/mol. The normalized spacial score (nSPS) is 11.6. The van der Waals surface area contributed by atoms with Crippen molar-refractivity contribution in [1.82, 2.24) is 9.99 Å². The zero-order chi connectivity index (χ0) is 27.4. The molecule has 0 atom stereocenters. The third kappa shape index (κ3) is 6.22. The van der Waals surface area contributed by atoms with Gasteiger partial charge in [0, 0.05) is 37.7 Å². The lowest BCUT2D eigenvalue weighted by atomic mass is 10.2. The van der Waals surface area contributed by atoms with Crippen LogP contribution in [0.1, 0.15) is 17.0 Å². The summed E-state index contributed by atoms with van der Waals surface area (Å²) in [6, 6.07) is 21.3. The molecule has 1 aromatic heterocycles. The lowest BCUT2D eigenvalue weighted by Crippen LogP contribution is -2.39. The Bertz CT molecular complexity index is 1600. The zero-order valence-corrected chi connectivity index (χ0v) is 23.5. The van der Waals surface area contributed by atoms with Crippen molar-refractivity contribution in [1.29, 1.82) is 0 Å². The van der Waals surface area contributed by atoms with Crippen LogP contribution in [0, 0.1) is 13.8 Å². The second-order valence-electron chi connectivity index (χ2n) is 8.39. The third-order valence-corrected chi connectivity index (χ3v) is 8.14. The summed E-state index contributed by atoms with van der Waals surface area (Å²) in [5.41, 5.74) is 5.99. The highest BCUT2D eigenvalue weighted by molar-refractivity contribution is 7.92. The van der Waals surface area contributed by atoms with Crippen molar-refractivity contribution < 1.29 is 13.2 Å². The van der Waals surface area contributed by atoms with Gasteiger partial charge in [-0.05, 0) is 68.4 Å². The minimum absolute atomic E-state index is 0.0461. The van der Waals surface area contributed by atoms with Gasteiger partial charge in [-0.3, -0.25) is 9.10 Å². The lowest BCUT2D eigenvalue weighted by molar-refractivity contribution is -0.119. The van der Waals surface area contributed by atoms with E-state index < -0.39 is 22.5 Å². The molecule has 0 saturated carbocycles. The van der Waals surface area contributed by atoms with E-state index in [0.29, 0.717) is 15.1 Å². The van der Waals surface area contributed by atoms with E-state index in [1.54, 1.807) is 54.6 Å². The molecule has 11 heteroatoms. The number of rotatable bonds is 8. The van der Waals surface area contributed by atoms with Gasteiger partial charge >= 0.3 is 0 Å². The first-order chi connectivity index (χ1) is 18.1. The van der Waals surface area contributed by atoms with E-state index >= 15 is 0 Å². The second-order valence-corrected chi connectivity index (χ2v) is 11.6. The maximum Gasteiger partial charge on any atom is 0.264 e. The summed E-state index contributed by atoms with van der Waals surface area (Å²) >= 11 is 18.4. The molecule has 1 N–H and O–H groups in total. The molecule has 0 aliphatic carbocycles. The number of nitrogens with one attached hydrogen (secondary N) is 1. The SMILES string of the molecule is Cc1cc(/C=N/NC(=O)CN(c2cccc(Cl)c2)S(=O)(=O)c2ccccc2)c(C)n1-c1cc(Cl)cc(Cl)c1. The van der Waals surface area contributed by atoms with Crippen LogP contribution in [-0.4, -0.2) is 31.7 Å². The molecule has 0 unspecified atom stereocenters. The Morgan fingerprint density at radius 3 is 2.26 bits per heavy atom. The summed E-state index contributed by atoms with van der Waals surface area (Å²) in [5.74, 6) is -0.629. The highest BCUT2D eigenvalue weighted by atomic mass is 35.5. The van der Waals surface area contributed by atoms with Crippen molar-refractivity contribution in [2.24, 2.45) is 5.10 Å². The van der Waals surface area contributed by atoms with E-state index in [4.69, 9.17) is 34.8 Å². The maximum absolute atomic E-state index is 13.4. The van der Waals surface area contributed by atoms with E-state index in [1.165, 1.54) is 24.4 Å². The number of amides is 1. The van der Waals surface area contributed by atoms with Gasteiger partial charge in [0.2, 0.25) is 0 Å². The Balaban J connectivity index is 1.55. The average molecular weight is 590 g/mol. The van der Waals surface area contributed by atoms with Gasteiger partial charge in [-0.2, -0.15) is 5.10 Å². The summed E-state index contributed by atoms with van der Waals surface area (Å²) < 4.78 is 29.7. The van der Waals surface area contributed by atoms with E-state index in [0.717, 1.165) is 26.9 Å². The number of carbonyl (C=O) groups is 1. The quantitative estimate of drug-likeness (QED) is 0.191. The van der Waals surface area contributed by atoms with Crippen molar-refractivity contribution in [3.8, 4) is 5.69 Å². The van der Waals surface area contributed by atoms with Gasteiger partial charge in [-0.25, -0.2) is 13.8 Å². The largest absolute Gasteiger partial charge is 0.318 e. The van der Waals surface area contributed by atoms with Crippen LogP contribution in [-0.2, 0) is 14.8 Å². The molecule has 0 fully saturated rings. The number of aryl methyl sites for hydroxylation is 1. The Morgan fingerprint density at radius 1 is 0.921 bits per heavy atom. The van der Waals surface area contributed by atoms with Gasteiger partial charge in [0.25, 0.3) is 15.9 Å². The van der Waals surface area contributed by atoms with Crippen molar-refractivity contribution in [3.05, 3.63) is 111 Å². The monoisotopic (exact) mass is 588 g/mol. The van der Waals surface area contributed by atoms with Crippen molar-refractivity contribution in [2.45, 2.75) is 18.7 Å². The molecule has 4 aromatic rings. The second kappa shape index (κ2) is 11.6. The predicted octanol–water partition coefficient (Wildman–Crippen LogP) is 6.40. The van der Waals surface area contributed by atoms with Crippen LogP contribution in [0.15, 0.2) is 88.9 Å².